The topological polar surface area (TPSA) is 26.0 Å². The van der Waals surface area contributed by atoms with Crippen molar-refractivity contribution in [2.24, 2.45) is 11.1 Å². The largest absolute Gasteiger partial charge is 0.328 e. The molecule has 0 aliphatic heterocycles. The first-order chi connectivity index (χ1) is 7.09. The number of benzene rings is 1. The van der Waals surface area contributed by atoms with E-state index in [-0.39, 0.29) is 11.2 Å². The lowest BCUT2D eigenvalue weighted by atomic mass is 9.82. The minimum Gasteiger partial charge on any atom is -0.328 e. The van der Waals surface area contributed by atoms with Gasteiger partial charge in [-0.3, -0.25) is 0 Å². The van der Waals surface area contributed by atoms with Crippen molar-refractivity contribution in [3.63, 3.8) is 0 Å². The molecular weight excluding hydrogens is 189 g/mol. The molecule has 2 N–H and O–H groups in total. The third-order valence-electron chi connectivity index (χ3n) is 3.45. The lowest BCUT2D eigenvalue weighted by molar-refractivity contribution is 0.324. The Kier molecular flexibility index (Phi) is 2.79. The van der Waals surface area contributed by atoms with Crippen LogP contribution in [-0.2, 0) is 6.42 Å². The van der Waals surface area contributed by atoms with E-state index in [0.29, 0.717) is 6.04 Å². The highest BCUT2D eigenvalue weighted by atomic mass is 19.1. The van der Waals surface area contributed by atoms with Gasteiger partial charge >= 0.3 is 0 Å². The molecule has 2 unspecified atom stereocenters. The Morgan fingerprint density at radius 3 is 2.80 bits per heavy atom. The fourth-order valence-electron chi connectivity index (χ4n) is 2.63. The van der Waals surface area contributed by atoms with E-state index in [1.54, 1.807) is 6.07 Å². The van der Waals surface area contributed by atoms with E-state index in [4.69, 9.17) is 5.73 Å². The molecule has 2 heteroatoms. The molecule has 1 fully saturated rings. The van der Waals surface area contributed by atoms with E-state index in [2.05, 4.69) is 6.92 Å². The van der Waals surface area contributed by atoms with Gasteiger partial charge in [0.05, 0.1) is 0 Å². The fourth-order valence-corrected chi connectivity index (χ4v) is 2.63. The van der Waals surface area contributed by atoms with Crippen LogP contribution in [0.5, 0.6) is 0 Å². The molecule has 1 aromatic carbocycles. The highest BCUT2D eigenvalue weighted by Gasteiger charge is 2.33. The molecule has 1 aliphatic rings. The summed E-state index contributed by atoms with van der Waals surface area (Å²) in [6, 6.07) is 7.36. The van der Waals surface area contributed by atoms with Gasteiger partial charge in [-0.05, 0) is 42.7 Å². The van der Waals surface area contributed by atoms with E-state index < -0.39 is 0 Å². The minimum absolute atomic E-state index is 0.0841. The number of nitrogens with two attached hydrogens (primary N) is 1. The molecule has 15 heavy (non-hydrogen) atoms. The first kappa shape index (κ1) is 10.6. The second kappa shape index (κ2) is 3.93. The van der Waals surface area contributed by atoms with Crippen LogP contribution in [-0.4, -0.2) is 6.04 Å². The summed E-state index contributed by atoms with van der Waals surface area (Å²) in [6.07, 6.45) is 4.02. The van der Waals surface area contributed by atoms with E-state index in [1.165, 1.54) is 6.07 Å². The van der Waals surface area contributed by atoms with Gasteiger partial charge in [0.1, 0.15) is 5.82 Å². The lowest BCUT2D eigenvalue weighted by Crippen LogP contribution is -2.21. The molecule has 0 spiro atoms. The summed E-state index contributed by atoms with van der Waals surface area (Å²) in [6.45, 7) is 2.21. The third-order valence-corrected chi connectivity index (χ3v) is 3.45. The van der Waals surface area contributed by atoms with Crippen LogP contribution in [0.3, 0.4) is 0 Å². The molecule has 2 atom stereocenters. The molecule has 0 heterocycles. The van der Waals surface area contributed by atoms with Crippen LogP contribution in [0.1, 0.15) is 31.7 Å². The predicted octanol–water partition coefficient (Wildman–Crippen LogP) is 2.89. The predicted molar refractivity (Wildman–Crippen MR) is 60.0 cm³/mol. The molecule has 1 nitrogen and oxygen atoms in total. The van der Waals surface area contributed by atoms with Crippen molar-refractivity contribution in [3.05, 3.63) is 35.6 Å². The third kappa shape index (κ3) is 2.37. The van der Waals surface area contributed by atoms with Crippen molar-refractivity contribution in [3.8, 4) is 0 Å². The second-order valence-electron chi connectivity index (χ2n) is 5.08. The summed E-state index contributed by atoms with van der Waals surface area (Å²) in [7, 11) is 0. The van der Waals surface area contributed by atoms with E-state index >= 15 is 0 Å². The molecule has 0 aromatic heterocycles. The number of hydrogen-bond acceptors (Lipinski definition) is 1. The van der Waals surface area contributed by atoms with E-state index in [9.17, 15) is 4.39 Å². The van der Waals surface area contributed by atoms with Gasteiger partial charge in [-0.1, -0.05) is 25.1 Å². The SMILES string of the molecule is CC1(Cc2ccccc2F)CCC(N)C1. The Morgan fingerprint density at radius 1 is 1.47 bits per heavy atom. The molecule has 0 amide bonds. The summed E-state index contributed by atoms with van der Waals surface area (Å²) in [5.74, 6) is -0.0841. The lowest BCUT2D eigenvalue weighted by Gasteiger charge is -2.24. The van der Waals surface area contributed by atoms with Crippen LogP contribution in [0.15, 0.2) is 24.3 Å². The van der Waals surface area contributed by atoms with Gasteiger partial charge in [-0.25, -0.2) is 4.39 Å². The van der Waals surface area contributed by atoms with Crippen LogP contribution in [0.4, 0.5) is 4.39 Å². The Bertz CT molecular complexity index is 350. The van der Waals surface area contributed by atoms with Crippen molar-refractivity contribution >= 4 is 0 Å². The summed E-state index contributed by atoms with van der Waals surface area (Å²) in [5, 5.41) is 0. The average Bonchev–Trinajstić information content (AvgIpc) is 2.51. The molecular formula is C13H18FN. The summed E-state index contributed by atoms with van der Waals surface area (Å²) in [4.78, 5) is 0. The standard InChI is InChI=1S/C13H18FN/c1-13(7-6-11(15)9-13)8-10-4-2-3-5-12(10)14/h2-5,11H,6-9,15H2,1H3. The number of rotatable bonds is 2. The summed E-state index contributed by atoms with van der Waals surface area (Å²) in [5.41, 5.74) is 6.93. The highest BCUT2D eigenvalue weighted by Crippen LogP contribution is 2.40. The zero-order valence-electron chi connectivity index (χ0n) is 9.17. The van der Waals surface area contributed by atoms with Crippen LogP contribution < -0.4 is 5.73 Å². The Labute approximate surface area is 90.5 Å². The van der Waals surface area contributed by atoms with Crippen LogP contribution in [0.25, 0.3) is 0 Å². The van der Waals surface area contributed by atoms with Crippen molar-refractivity contribution < 1.29 is 4.39 Å². The average molecular weight is 207 g/mol. The summed E-state index contributed by atoms with van der Waals surface area (Å²) < 4.78 is 13.5. The molecule has 1 saturated carbocycles. The van der Waals surface area contributed by atoms with Crippen molar-refractivity contribution in [2.45, 2.75) is 38.6 Å². The van der Waals surface area contributed by atoms with Crippen LogP contribution >= 0.6 is 0 Å². The summed E-state index contributed by atoms with van der Waals surface area (Å²) >= 11 is 0. The van der Waals surface area contributed by atoms with Gasteiger partial charge < -0.3 is 5.73 Å². The fraction of sp³-hybridized carbons (Fsp3) is 0.538. The zero-order chi connectivity index (χ0) is 10.9. The smallest absolute Gasteiger partial charge is 0.126 e. The minimum atomic E-state index is -0.0841. The van der Waals surface area contributed by atoms with Crippen molar-refractivity contribution in [1.29, 1.82) is 0 Å². The molecule has 0 radical (unpaired) electrons. The van der Waals surface area contributed by atoms with Crippen molar-refractivity contribution in [1.82, 2.24) is 0 Å². The van der Waals surface area contributed by atoms with Crippen molar-refractivity contribution in [2.75, 3.05) is 0 Å². The van der Waals surface area contributed by atoms with E-state index in [1.807, 2.05) is 12.1 Å². The monoisotopic (exact) mass is 207 g/mol. The van der Waals surface area contributed by atoms with Gasteiger partial charge in [0, 0.05) is 6.04 Å². The normalized spacial score (nSPS) is 30.7. The maximum Gasteiger partial charge on any atom is 0.126 e. The van der Waals surface area contributed by atoms with Gasteiger partial charge in [0.2, 0.25) is 0 Å². The second-order valence-corrected chi connectivity index (χ2v) is 5.08. The molecule has 0 saturated heterocycles. The number of hydrogen-bond donors (Lipinski definition) is 1. The quantitative estimate of drug-likeness (QED) is 0.792. The molecule has 2 rings (SSSR count). The Morgan fingerprint density at radius 2 is 2.20 bits per heavy atom. The molecule has 1 aliphatic carbocycles. The Balaban J connectivity index is 2.12. The van der Waals surface area contributed by atoms with Crippen LogP contribution in [0, 0.1) is 11.2 Å². The van der Waals surface area contributed by atoms with Gasteiger partial charge in [0.15, 0.2) is 0 Å². The maximum absolute atomic E-state index is 13.5. The Hall–Kier alpha value is -0.890. The molecule has 0 bridgehead atoms. The van der Waals surface area contributed by atoms with Gasteiger partial charge in [-0.15, -0.1) is 0 Å². The van der Waals surface area contributed by atoms with Gasteiger partial charge in [-0.2, -0.15) is 0 Å². The highest BCUT2D eigenvalue weighted by molar-refractivity contribution is 5.19. The maximum atomic E-state index is 13.5. The number of halogens is 1. The molecule has 1 aromatic rings. The first-order valence-electron chi connectivity index (χ1n) is 5.58. The molecule has 82 valence electrons. The first-order valence-corrected chi connectivity index (χ1v) is 5.58. The van der Waals surface area contributed by atoms with E-state index in [0.717, 1.165) is 31.2 Å². The van der Waals surface area contributed by atoms with Crippen LogP contribution in [0.2, 0.25) is 0 Å². The zero-order valence-corrected chi connectivity index (χ0v) is 9.17. The van der Waals surface area contributed by atoms with Gasteiger partial charge in [0.25, 0.3) is 0 Å².